The number of aromatic nitrogens is 1. The minimum Gasteiger partial charge on any atom is -0.383 e. The Morgan fingerprint density at radius 3 is 2.83 bits per heavy atom. The second kappa shape index (κ2) is 7.96. The molecule has 2 heterocycles. The quantitative estimate of drug-likeness (QED) is 0.753. The van der Waals surface area contributed by atoms with Crippen molar-refractivity contribution in [3.05, 3.63) is 35.4 Å². The molecular weight excluding hydrogens is 322 g/mol. The lowest BCUT2D eigenvalue weighted by Crippen LogP contribution is -2.35. The lowest BCUT2D eigenvalue weighted by molar-refractivity contribution is 0.174. The fourth-order valence-electron chi connectivity index (χ4n) is 2.69. The fraction of sp³-hybridized carbons (Fsp3) is 0.444. The number of aryl methyl sites for hydroxylation is 1. The highest BCUT2D eigenvalue weighted by Crippen LogP contribution is 2.33. The Bertz CT molecular complexity index is 748. The number of nitrogens with zero attached hydrogens (tertiary/aromatic N) is 3. The summed E-state index contributed by atoms with van der Waals surface area (Å²) >= 11 is 1.64. The van der Waals surface area contributed by atoms with Crippen molar-refractivity contribution in [1.82, 2.24) is 9.88 Å². The van der Waals surface area contributed by atoms with Crippen LogP contribution in [0.5, 0.6) is 0 Å². The maximum atomic E-state index is 5.25. The van der Waals surface area contributed by atoms with Crippen LogP contribution in [0.2, 0.25) is 0 Å². The predicted octanol–water partition coefficient (Wildman–Crippen LogP) is 3.10. The number of hydrogen-bond donors (Lipinski definition) is 0. The summed E-state index contributed by atoms with van der Waals surface area (Å²) in [4.78, 5) is 11.8. The zero-order chi connectivity index (χ0) is 16.9. The molecule has 0 amide bonds. The number of hydrogen-bond acceptors (Lipinski definition) is 5. The van der Waals surface area contributed by atoms with Crippen molar-refractivity contribution >= 4 is 27.8 Å². The molecule has 1 aromatic heterocycles. The first-order chi connectivity index (χ1) is 11.7. The van der Waals surface area contributed by atoms with Gasteiger partial charge in [-0.1, -0.05) is 11.6 Å². The Labute approximate surface area is 147 Å². The van der Waals surface area contributed by atoms with Crippen molar-refractivity contribution in [3.8, 4) is 0 Å². The largest absolute Gasteiger partial charge is 0.383 e. The van der Waals surface area contributed by atoms with Gasteiger partial charge >= 0.3 is 0 Å². The van der Waals surface area contributed by atoms with Crippen LogP contribution in [0.1, 0.15) is 11.1 Å². The number of amidine groups is 1. The van der Waals surface area contributed by atoms with Crippen LogP contribution in [0.15, 0.2) is 34.3 Å². The Balaban J connectivity index is 1.92. The number of rotatable bonds is 6. The van der Waals surface area contributed by atoms with Gasteiger partial charge in [0.05, 0.1) is 25.3 Å². The van der Waals surface area contributed by atoms with Gasteiger partial charge in [-0.05, 0) is 36.9 Å². The lowest BCUT2D eigenvalue weighted by atomic mass is 10.1. The van der Waals surface area contributed by atoms with Crippen LogP contribution in [0, 0.1) is 6.92 Å². The third-order valence-corrected chi connectivity index (χ3v) is 5.05. The van der Waals surface area contributed by atoms with E-state index in [0.717, 1.165) is 28.8 Å². The zero-order valence-electron chi connectivity index (χ0n) is 14.4. The maximum absolute atomic E-state index is 5.25. The smallest absolute Gasteiger partial charge is 0.166 e. The molecule has 3 rings (SSSR count). The molecule has 1 aromatic carbocycles. The van der Waals surface area contributed by atoms with Gasteiger partial charge in [0.2, 0.25) is 0 Å². The van der Waals surface area contributed by atoms with E-state index in [-0.39, 0.29) is 0 Å². The molecule has 2 aromatic rings. The van der Waals surface area contributed by atoms with Gasteiger partial charge in [-0.15, -0.1) is 0 Å². The molecule has 0 fully saturated rings. The van der Waals surface area contributed by atoms with E-state index in [2.05, 4.69) is 41.1 Å². The molecule has 0 N–H and O–H groups in total. The molecule has 6 heteroatoms. The molecule has 0 spiro atoms. The molecule has 0 atom stereocenters. The standard InChI is InChI=1S/C18H23N3O2S/c1-13-4-5-16-14(10-13)11-15-12-21(7-9-23-3)18(19-6-8-22-2)24-17(15)20-16/h4-5,10-11H,6-9,12H2,1-3H3. The van der Waals surface area contributed by atoms with Gasteiger partial charge in [-0.3, -0.25) is 4.99 Å². The van der Waals surface area contributed by atoms with Crippen molar-refractivity contribution < 1.29 is 9.47 Å². The van der Waals surface area contributed by atoms with E-state index < -0.39 is 0 Å². The molecule has 0 aliphatic carbocycles. The second-order valence-corrected chi connectivity index (χ2v) is 6.78. The first kappa shape index (κ1) is 17.2. The van der Waals surface area contributed by atoms with Crippen LogP contribution in [-0.2, 0) is 16.0 Å². The molecule has 0 radical (unpaired) electrons. The molecule has 24 heavy (non-hydrogen) atoms. The minimum atomic E-state index is 0.624. The predicted molar refractivity (Wildman–Crippen MR) is 98.8 cm³/mol. The van der Waals surface area contributed by atoms with E-state index in [1.165, 1.54) is 16.5 Å². The summed E-state index contributed by atoms with van der Waals surface area (Å²) in [6.45, 7) is 5.71. The molecule has 1 aliphatic heterocycles. The van der Waals surface area contributed by atoms with E-state index in [0.29, 0.717) is 19.8 Å². The van der Waals surface area contributed by atoms with Crippen molar-refractivity contribution in [3.63, 3.8) is 0 Å². The van der Waals surface area contributed by atoms with Crippen LogP contribution >= 0.6 is 11.8 Å². The first-order valence-electron chi connectivity index (χ1n) is 8.06. The SMILES string of the molecule is COCCN=C1Sc2nc3ccc(C)cc3cc2CN1CCOC. The van der Waals surface area contributed by atoms with E-state index in [1.54, 1.807) is 26.0 Å². The van der Waals surface area contributed by atoms with Crippen molar-refractivity contribution in [1.29, 1.82) is 0 Å². The molecular formula is C18H23N3O2S. The Hall–Kier alpha value is -1.63. The lowest BCUT2D eigenvalue weighted by Gasteiger charge is -2.30. The molecule has 0 saturated carbocycles. The highest BCUT2D eigenvalue weighted by Gasteiger charge is 2.23. The van der Waals surface area contributed by atoms with Gasteiger partial charge in [-0.2, -0.15) is 0 Å². The number of thioether (sulfide) groups is 1. The van der Waals surface area contributed by atoms with Gasteiger partial charge in [0.15, 0.2) is 5.17 Å². The van der Waals surface area contributed by atoms with Gasteiger partial charge in [0, 0.05) is 38.3 Å². The van der Waals surface area contributed by atoms with Gasteiger partial charge in [0.25, 0.3) is 0 Å². The molecule has 0 unspecified atom stereocenters. The van der Waals surface area contributed by atoms with Crippen LogP contribution < -0.4 is 0 Å². The molecule has 128 valence electrons. The van der Waals surface area contributed by atoms with Gasteiger partial charge in [0.1, 0.15) is 5.03 Å². The monoisotopic (exact) mass is 345 g/mol. The number of fused-ring (bicyclic) bond motifs is 2. The van der Waals surface area contributed by atoms with E-state index in [1.807, 2.05) is 0 Å². The highest BCUT2D eigenvalue weighted by molar-refractivity contribution is 8.13. The van der Waals surface area contributed by atoms with Crippen LogP contribution in [0.4, 0.5) is 0 Å². The van der Waals surface area contributed by atoms with Crippen molar-refractivity contribution in [2.45, 2.75) is 18.5 Å². The normalized spacial score (nSPS) is 16.0. The van der Waals surface area contributed by atoms with E-state index in [4.69, 9.17) is 14.5 Å². The zero-order valence-corrected chi connectivity index (χ0v) is 15.2. The highest BCUT2D eigenvalue weighted by atomic mass is 32.2. The Morgan fingerprint density at radius 1 is 1.21 bits per heavy atom. The average Bonchev–Trinajstić information content (AvgIpc) is 2.58. The number of benzene rings is 1. The van der Waals surface area contributed by atoms with Gasteiger partial charge in [-0.25, -0.2) is 4.98 Å². The summed E-state index contributed by atoms with van der Waals surface area (Å²) in [6, 6.07) is 8.64. The summed E-state index contributed by atoms with van der Waals surface area (Å²) in [5.41, 5.74) is 3.54. The molecule has 5 nitrogen and oxygen atoms in total. The Morgan fingerprint density at radius 2 is 2.04 bits per heavy atom. The molecule has 0 bridgehead atoms. The van der Waals surface area contributed by atoms with Crippen LogP contribution in [0.3, 0.4) is 0 Å². The summed E-state index contributed by atoms with van der Waals surface area (Å²) in [7, 11) is 3.42. The molecule has 0 saturated heterocycles. The summed E-state index contributed by atoms with van der Waals surface area (Å²) < 4.78 is 10.4. The minimum absolute atomic E-state index is 0.624. The topological polar surface area (TPSA) is 47.0 Å². The number of aliphatic imine (C=N–C) groups is 1. The summed E-state index contributed by atoms with van der Waals surface area (Å²) in [6.07, 6.45) is 0. The second-order valence-electron chi connectivity index (χ2n) is 5.82. The summed E-state index contributed by atoms with van der Waals surface area (Å²) in [5, 5.41) is 3.24. The third kappa shape index (κ3) is 3.88. The van der Waals surface area contributed by atoms with Crippen molar-refractivity contribution in [2.75, 3.05) is 40.5 Å². The van der Waals surface area contributed by atoms with Gasteiger partial charge < -0.3 is 14.4 Å². The van der Waals surface area contributed by atoms with E-state index in [9.17, 15) is 0 Å². The number of ether oxygens (including phenoxy) is 2. The summed E-state index contributed by atoms with van der Waals surface area (Å²) in [5.74, 6) is 0. The Kier molecular flexibility index (Phi) is 5.71. The van der Waals surface area contributed by atoms with Crippen molar-refractivity contribution in [2.24, 2.45) is 4.99 Å². The van der Waals surface area contributed by atoms with Crippen LogP contribution in [0.25, 0.3) is 10.9 Å². The molecule has 1 aliphatic rings. The fourth-order valence-corrected chi connectivity index (χ4v) is 3.70. The third-order valence-electron chi connectivity index (χ3n) is 3.94. The first-order valence-corrected chi connectivity index (χ1v) is 8.88. The van der Waals surface area contributed by atoms with Crippen LogP contribution in [-0.4, -0.2) is 55.6 Å². The average molecular weight is 345 g/mol. The number of pyridine rings is 1. The number of methoxy groups -OCH3 is 2. The van der Waals surface area contributed by atoms with E-state index >= 15 is 0 Å². The maximum Gasteiger partial charge on any atom is 0.166 e.